The summed E-state index contributed by atoms with van der Waals surface area (Å²) in [4.78, 5) is 28.1. The Kier molecular flexibility index (Phi) is 7.65. The molecular formula is C29H28ClNO5. The van der Waals surface area contributed by atoms with Gasteiger partial charge in [0.15, 0.2) is 0 Å². The second-order valence-electron chi connectivity index (χ2n) is 8.48. The number of Topliss-reactive ketones (excluding diaryl/α,β-unsaturated/α-hetero) is 1. The van der Waals surface area contributed by atoms with Crippen LogP contribution in [0.25, 0.3) is 5.76 Å². The van der Waals surface area contributed by atoms with Crippen LogP contribution in [-0.2, 0) is 9.59 Å². The molecule has 36 heavy (non-hydrogen) atoms. The number of aryl methyl sites for hydroxylation is 1. The van der Waals surface area contributed by atoms with Gasteiger partial charge in [0.05, 0.1) is 24.8 Å². The minimum absolute atomic E-state index is 0.00534. The number of ketones is 1. The van der Waals surface area contributed by atoms with E-state index >= 15 is 0 Å². The van der Waals surface area contributed by atoms with Crippen molar-refractivity contribution in [2.45, 2.75) is 33.2 Å². The Morgan fingerprint density at radius 2 is 1.75 bits per heavy atom. The van der Waals surface area contributed by atoms with E-state index in [1.807, 2.05) is 20.8 Å². The SMILES string of the molecule is CCCOc1ccc(/C(O)=C2\C(=O)C(=O)N(c3cccc(OCC)c3)C2c2ccc(Cl)cc2)cc1C. The Labute approximate surface area is 215 Å². The summed E-state index contributed by atoms with van der Waals surface area (Å²) in [7, 11) is 0. The van der Waals surface area contributed by atoms with Crippen molar-refractivity contribution >= 4 is 34.7 Å². The van der Waals surface area contributed by atoms with Gasteiger partial charge in [0.2, 0.25) is 0 Å². The minimum Gasteiger partial charge on any atom is -0.507 e. The Balaban J connectivity index is 1.86. The lowest BCUT2D eigenvalue weighted by Gasteiger charge is -2.26. The zero-order valence-electron chi connectivity index (χ0n) is 20.5. The molecular weight excluding hydrogens is 478 g/mol. The summed E-state index contributed by atoms with van der Waals surface area (Å²) in [6.45, 7) is 6.80. The number of carbonyl (C=O) groups is 2. The molecule has 186 valence electrons. The van der Waals surface area contributed by atoms with E-state index in [1.54, 1.807) is 66.7 Å². The van der Waals surface area contributed by atoms with Crippen molar-refractivity contribution < 1.29 is 24.2 Å². The van der Waals surface area contributed by atoms with E-state index in [-0.39, 0.29) is 11.3 Å². The van der Waals surface area contributed by atoms with E-state index < -0.39 is 17.7 Å². The number of ether oxygens (including phenoxy) is 2. The molecule has 1 N–H and O–H groups in total. The molecule has 0 radical (unpaired) electrons. The van der Waals surface area contributed by atoms with Crippen molar-refractivity contribution in [1.29, 1.82) is 0 Å². The molecule has 3 aromatic rings. The minimum atomic E-state index is -0.851. The number of anilines is 1. The second-order valence-corrected chi connectivity index (χ2v) is 8.92. The van der Waals surface area contributed by atoms with Gasteiger partial charge in [-0.25, -0.2) is 0 Å². The van der Waals surface area contributed by atoms with E-state index in [9.17, 15) is 14.7 Å². The maximum absolute atomic E-state index is 13.4. The molecule has 1 unspecified atom stereocenters. The number of carbonyl (C=O) groups excluding carboxylic acids is 2. The van der Waals surface area contributed by atoms with Gasteiger partial charge in [0, 0.05) is 22.3 Å². The summed E-state index contributed by atoms with van der Waals surface area (Å²) < 4.78 is 11.3. The third-order valence-electron chi connectivity index (χ3n) is 5.95. The van der Waals surface area contributed by atoms with Crippen LogP contribution >= 0.6 is 11.6 Å². The quantitative estimate of drug-likeness (QED) is 0.216. The first-order valence-corrected chi connectivity index (χ1v) is 12.3. The lowest BCUT2D eigenvalue weighted by molar-refractivity contribution is -0.132. The summed E-state index contributed by atoms with van der Waals surface area (Å²) in [5.74, 6) is -0.467. The molecule has 1 heterocycles. The van der Waals surface area contributed by atoms with Crippen molar-refractivity contribution in [2.24, 2.45) is 0 Å². The van der Waals surface area contributed by atoms with Crippen LogP contribution < -0.4 is 14.4 Å². The van der Waals surface area contributed by atoms with Crippen molar-refractivity contribution in [3.8, 4) is 11.5 Å². The molecule has 4 rings (SSSR count). The molecule has 1 amide bonds. The monoisotopic (exact) mass is 505 g/mol. The molecule has 7 heteroatoms. The molecule has 0 saturated carbocycles. The predicted octanol–water partition coefficient (Wildman–Crippen LogP) is 6.46. The topological polar surface area (TPSA) is 76.1 Å². The number of amides is 1. The summed E-state index contributed by atoms with van der Waals surface area (Å²) in [5.41, 5.74) is 2.37. The molecule has 1 fully saturated rings. The smallest absolute Gasteiger partial charge is 0.300 e. The summed E-state index contributed by atoms with van der Waals surface area (Å²) in [5, 5.41) is 11.9. The predicted molar refractivity (Wildman–Crippen MR) is 141 cm³/mol. The number of hydrogen-bond donors (Lipinski definition) is 1. The number of aliphatic hydroxyl groups excluding tert-OH is 1. The van der Waals surface area contributed by atoms with Gasteiger partial charge in [-0.3, -0.25) is 14.5 Å². The average Bonchev–Trinajstić information content (AvgIpc) is 3.14. The van der Waals surface area contributed by atoms with Crippen LogP contribution in [0, 0.1) is 6.92 Å². The fraction of sp³-hybridized carbons (Fsp3) is 0.241. The fourth-order valence-electron chi connectivity index (χ4n) is 4.28. The van der Waals surface area contributed by atoms with E-state index in [2.05, 4.69) is 0 Å². The van der Waals surface area contributed by atoms with Crippen LogP contribution in [0.3, 0.4) is 0 Å². The number of aliphatic hydroxyl groups is 1. The molecule has 0 spiro atoms. The van der Waals surface area contributed by atoms with Crippen LogP contribution in [0.4, 0.5) is 5.69 Å². The van der Waals surface area contributed by atoms with Gasteiger partial charge in [-0.1, -0.05) is 36.7 Å². The van der Waals surface area contributed by atoms with E-state index in [0.717, 1.165) is 12.0 Å². The highest BCUT2D eigenvalue weighted by Crippen LogP contribution is 2.43. The standard InChI is InChI=1S/C29H28ClNO5/c1-4-15-36-24-14-11-20(16-18(24)3)27(32)25-26(19-9-12-21(30)13-10-19)31(29(34)28(25)33)22-7-6-8-23(17-22)35-5-2/h6-14,16-17,26,32H,4-5,15H2,1-3H3/b27-25+. The van der Waals surface area contributed by atoms with Gasteiger partial charge in [0.1, 0.15) is 17.3 Å². The molecule has 0 aliphatic carbocycles. The van der Waals surface area contributed by atoms with Gasteiger partial charge >= 0.3 is 0 Å². The lowest BCUT2D eigenvalue weighted by atomic mass is 9.94. The molecule has 1 atom stereocenters. The first-order valence-electron chi connectivity index (χ1n) is 11.9. The largest absolute Gasteiger partial charge is 0.507 e. The maximum Gasteiger partial charge on any atom is 0.300 e. The molecule has 1 aliphatic heterocycles. The molecule has 1 aliphatic rings. The van der Waals surface area contributed by atoms with Gasteiger partial charge < -0.3 is 14.6 Å². The van der Waals surface area contributed by atoms with Crippen molar-refractivity contribution in [3.05, 3.63) is 94.0 Å². The summed E-state index contributed by atoms with van der Waals surface area (Å²) >= 11 is 6.11. The number of rotatable bonds is 8. The first kappa shape index (κ1) is 25.3. The van der Waals surface area contributed by atoms with Crippen molar-refractivity contribution in [2.75, 3.05) is 18.1 Å². The Morgan fingerprint density at radius 3 is 2.42 bits per heavy atom. The average molecular weight is 506 g/mol. The Bertz CT molecular complexity index is 1320. The number of nitrogens with zero attached hydrogens (tertiary/aromatic N) is 1. The highest BCUT2D eigenvalue weighted by Gasteiger charge is 2.47. The summed E-state index contributed by atoms with van der Waals surface area (Å²) in [6, 6.07) is 18.2. The van der Waals surface area contributed by atoms with Crippen molar-refractivity contribution in [3.63, 3.8) is 0 Å². The lowest BCUT2D eigenvalue weighted by Crippen LogP contribution is -2.29. The van der Waals surface area contributed by atoms with Gasteiger partial charge in [-0.2, -0.15) is 0 Å². The van der Waals surface area contributed by atoms with Crippen LogP contribution in [0.5, 0.6) is 11.5 Å². The molecule has 3 aromatic carbocycles. The van der Waals surface area contributed by atoms with Gasteiger partial charge in [-0.05, 0) is 73.9 Å². The van der Waals surface area contributed by atoms with Crippen LogP contribution in [0.1, 0.15) is 43.0 Å². The molecule has 1 saturated heterocycles. The van der Waals surface area contributed by atoms with Crippen LogP contribution in [0.2, 0.25) is 5.02 Å². The summed E-state index contributed by atoms with van der Waals surface area (Å²) in [6.07, 6.45) is 0.871. The zero-order valence-corrected chi connectivity index (χ0v) is 21.2. The van der Waals surface area contributed by atoms with E-state index in [1.165, 1.54) is 4.90 Å². The molecule has 0 aromatic heterocycles. The first-order chi connectivity index (χ1) is 17.3. The highest BCUT2D eigenvalue weighted by molar-refractivity contribution is 6.51. The third-order valence-corrected chi connectivity index (χ3v) is 6.20. The molecule has 0 bridgehead atoms. The normalized spacial score (nSPS) is 16.9. The zero-order chi connectivity index (χ0) is 25.8. The van der Waals surface area contributed by atoms with Gasteiger partial charge in [0.25, 0.3) is 11.7 Å². The van der Waals surface area contributed by atoms with Crippen LogP contribution in [-0.4, -0.2) is 30.0 Å². The number of halogens is 1. The number of hydrogen-bond acceptors (Lipinski definition) is 5. The van der Waals surface area contributed by atoms with Gasteiger partial charge in [-0.15, -0.1) is 0 Å². The van der Waals surface area contributed by atoms with E-state index in [4.69, 9.17) is 21.1 Å². The van der Waals surface area contributed by atoms with E-state index in [0.29, 0.717) is 46.5 Å². The fourth-order valence-corrected chi connectivity index (χ4v) is 4.40. The third kappa shape index (κ3) is 4.95. The molecule has 6 nitrogen and oxygen atoms in total. The van der Waals surface area contributed by atoms with Crippen LogP contribution in [0.15, 0.2) is 72.3 Å². The number of benzene rings is 3. The Morgan fingerprint density at radius 1 is 1.00 bits per heavy atom. The Hall–Kier alpha value is -3.77. The maximum atomic E-state index is 13.4. The second kappa shape index (κ2) is 10.9. The van der Waals surface area contributed by atoms with Crippen molar-refractivity contribution in [1.82, 2.24) is 0 Å². The highest BCUT2D eigenvalue weighted by atomic mass is 35.5.